The molecule has 5 nitrogen and oxygen atoms in total. The van der Waals surface area contributed by atoms with Gasteiger partial charge in [0.2, 0.25) is 0 Å². The average Bonchev–Trinajstić information content (AvgIpc) is 3.02. The average molecular weight is 380 g/mol. The molecule has 0 radical (unpaired) electrons. The van der Waals surface area contributed by atoms with Crippen molar-refractivity contribution in [3.05, 3.63) is 16.1 Å². The number of nitrogens with one attached hydrogen (secondary N) is 2. The SMILES string of the molecule is CN=C(NCC1CCN(Cc2csc(C)n2)CC1)NC(C)CCC(C)C. The number of thiazole rings is 1. The van der Waals surface area contributed by atoms with Crippen molar-refractivity contribution < 1.29 is 0 Å². The zero-order valence-corrected chi connectivity index (χ0v) is 18.0. The van der Waals surface area contributed by atoms with Crippen molar-refractivity contribution in [1.82, 2.24) is 20.5 Å². The van der Waals surface area contributed by atoms with Gasteiger partial charge >= 0.3 is 0 Å². The van der Waals surface area contributed by atoms with Crippen molar-refractivity contribution in [1.29, 1.82) is 0 Å². The minimum absolute atomic E-state index is 0.465. The molecule has 148 valence electrons. The topological polar surface area (TPSA) is 52.6 Å². The third-order valence-corrected chi connectivity index (χ3v) is 5.92. The zero-order valence-electron chi connectivity index (χ0n) is 17.2. The summed E-state index contributed by atoms with van der Waals surface area (Å²) in [6.07, 6.45) is 4.93. The van der Waals surface area contributed by atoms with E-state index < -0.39 is 0 Å². The highest BCUT2D eigenvalue weighted by Gasteiger charge is 2.20. The molecule has 1 aromatic heterocycles. The van der Waals surface area contributed by atoms with Crippen LogP contribution < -0.4 is 10.6 Å². The monoisotopic (exact) mass is 379 g/mol. The van der Waals surface area contributed by atoms with Crippen LogP contribution in [0.2, 0.25) is 0 Å². The van der Waals surface area contributed by atoms with Crippen LogP contribution in [-0.4, -0.2) is 48.6 Å². The van der Waals surface area contributed by atoms with Gasteiger partial charge in [0.1, 0.15) is 0 Å². The normalized spacial score (nSPS) is 18.3. The fourth-order valence-electron chi connectivity index (χ4n) is 3.38. The van der Waals surface area contributed by atoms with E-state index in [2.05, 4.69) is 58.6 Å². The molecular weight excluding hydrogens is 342 g/mol. The van der Waals surface area contributed by atoms with Crippen LogP contribution in [-0.2, 0) is 6.54 Å². The van der Waals surface area contributed by atoms with Crippen LogP contribution in [0.1, 0.15) is 57.2 Å². The second-order valence-electron chi connectivity index (χ2n) is 8.05. The van der Waals surface area contributed by atoms with E-state index in [1.54, 1.807) is 11.3 Å². The number of hydrogen-bond donors (Lipinski definition) is 2. The van der Waals surface area contributed by atoms with Gasteiger partial charge in [-0.1, -0.05) is 13.8 Å². The van der Waals surface area contributed by atoms with E-state index in [0.717, 1.165) is 30.9 Å². The van der Waals surface area contributed by atoms with E-state index in [-0.39, 0.29) is 0 Å². The Morgan fingerprint density at radius 2 is 2.04 bits per heavy atom. The molecule has 2 heterocycles. The summed E-state index contributed by atoms with van der Waals surface area (Å²) >= 11 is 1.75. The van der Waals surface area contributed by atoms with Gasteiger partial charge in [-0.3, -0.25) is 9.89 Å². The van der Waals surface area contributed by atoms with Crippen LogP contribution >= 0.6 is 11.3 Å². The number of aryl methyl sites for hydroxylation is 1. The summed E-state index contributed by atoms with van der Waals surface area (Å²) in [5, 5.41) is 10.4. The summed E-state index contributed by atoms with van der Waals surface area (Å²) in [7, 11) is 1.86. The predicted molar refractivity (Wildman–Crippen MR) is 113 cm³/mol. The Labute approximate surface area is 163 Å². The third kappa shape index (κ3) is 7.62. The molecule has 1 unspecified atom stereocenters. The Hall–Kier alpha value is -1.14. The van der Waals surface area contributed by atoms with Crippen LogP contribution in [0, 0.1) is 18.8 Å². The van der Waals surface area contributed by atoms with Gasteiger partial charge in [0.05, 0.1) is 10.7 Å². The van der Waals surface area contributed by atoms with Crippen LogP contribution in [0.3, 0.4) is 0 Å². The van der Waals surface area contributed by atoms with Crippen LogP contribution in [0.25, 0.3) is 0 Å². The summed E-state index contributed by atoms with van der Waals surface area (Å²) in [6.45, 7) is 13.2. The Balaban J connectivity index is 1.65. The molecule has 0 aliphatic carbocycles. The first-order chi connectivity index (χ1) is 12.5. The summed E-state index contributed by atoms with van der Waals surface area (Å²) in [5.74, 6) is 2.43. The molecular formula is C20H37N5S. The molecule has 6 heteroatoms. The molecule has 1 aliphatic heterocycles. The Morgan fingerprint density at radius 3 is 2.62 bits per heavy atom. The van der Waals surface area contributed by atoms with Crippen molar-refractivity contribution in [3.63, 3.8) is 0 Å². The van der Waals surface area contributed by atoms with Gasteiger partial charge in [-0.25, -0.2) is 4.98 Å². The molecule has 1 atom stereocenters. The van der Waals surface area contributed by atoms with Crippen molar-refractivity contribution in [2.24, 2.45) is 16.8 Å². The number of hydrogen-bond acceptors (Lipinski definition) is 4. The molecule has 0 saturated carbocycles. The van der Waals surface area contributed by atoms with Gasteiger partial charge in [-0.2, -0.15) is 0 Å². The number of aliphatic imine (C=N–C) groups is 1. The van der Waals surface area contributed by atoms with Crippen LogP contribution in [0.15, 0.2) is 10.4 Å². The first kappa shape index (κ1) is 21.2. The van der Waals surface area contributed by atoms with Crippen molar-refractivity contribution in [3.8, 4) is 0 Å². The molecule has 1 aromatic rings. The molecule has 2 N–H and O–H groups in total. The molecule has 0 amide bonds. The van der Waals surface area contributed by atoms with Gasteiger partial charge < -0.3 is 10.6 Å². The lowest BCUT2D eigenvalue weighted by Crippen LogP contribution is -2.45. The maximum Gasteiger partial charge on any atom is 0.191 e. The van der Waals surface area contributed by atoms with E-state index in [4.69, 9.17) is 0 Å². The molecule has 26 heavy (non-hydrogen) atoms. The fraction of sp³-hybridized carbons (Fsp3) is 0.800. The molecule has 1 saturated heterocycles. The standard InChI is InChI=1S/C20H37N5S/c1-15(2)6-7-16(3)23-20(21-5)22-12-18-8-10-25(11-9-18)13-19-14-26-17(4)24-19/h14-16,18H,6-13H2,1-5H3,(H2,21,22,23). The van der Waals surface area contributed by atoms with Crippen LogP contribution in [0.5, 0.6) is 0 Å². The van der Waals surface area contributed by atoms with E-state index in [0.29, 0.717) is 6.04 Å². The summed E-state index contributed by atoms with van der Waals surface area (Å²) < 4.78 is 0. The summed E-state index contributed by atoms with van der Waals surface area (Å²) in [6, 6.07) is 0.465. The predicted octanol–water partition coefficient (Wildman–Crippen LogP) is 3.65. The first-order valence-corrected chi connectivity index (χ1v) is 10.9. The number of likely N-dealkylation sites (tertiary alicyclic amines) is 1. The van der Waals surface area contributed by atoms with Gasteiger partial charge in [0.15, 0.2) is 5.96 Å². The number of piperidine rings is 1. The number of aromatic nitrogens is 1. The lowest BCUT2D eigenvalue weighted by molar-refractivity contribution is 0.176. The number of nitrogens with zero attached hydrogens (tertiary/aromatic N) is 3. The van der Waals surface area contributed by atoms with E-state index >= 15 is 0 Å². The second kappa shape index (κ2) is 10.9. The van der Waals surface area contributed by atoms with Crippen LogP contribution in [0.4, 0.5) is 0 Å². The summed E-state index contributed by atoms with van der Waals surface area (Å²) in [5.41, 5.74) is 1.23. The lowest BCUT2D eigenvalue weighted by Gasteiger charge is -2.32. The summed E-state index contributed by atoms with van der Waals surface area (Å²) in [4.78, 5) is 11.5. The minimum Gasteiger partial charge on any atom is -0.356 e. The second-order valence-corrected chi connectivity index (χ2v) is 9.11. The molecule has 0 bridgehead atoms. The highest BCUT2D eigenvalue weighted by molar-refractivity contribution is 7.09. The molecule has 0 aromatic carbocycles. The highest BCUT2D eigenvalue weighted by atomic mass is 32.1. The number of guanidine groups is 1. The Kier molecular flexibility index (Phi) is 8.85. The Morgan fingerprint density at radius 1 is 1.31 bits per heavy atom. The number of rotatable bonds is 8. The zero-order chi connectivity index (χ0) is 18.9. The van der Waals surface area contributed by atoms with E-state index in [9.17, 15) is 0 Å². The maximum atomic E-state index is 4.59. The lowest BCUT2D eigenvalue weighted by atomic mass is 9.97. The molecule has 1 fully saturated rings. The first-order valence-electron chi connectivity index (χ1n) is 10.1. The molecule has 0 spiro atoms. The third-order valence-electron chi connectivity index (χ3n) is 5.10. The largest absolute Gasteiger partial charge is 0.356 e. The Bertz CT molecular complexity index is 546. The van der Waals surface area contributed by atoms with E-state index in [1.165, 1.54) is 49.5 Å². The van der Waals surface area contributed by atoms with Gasteiger partial charge in [0.25, 0.3) is 0 Å². The quantitative estimate of drug-likeness (QED) is 0.535. The molecule has 1 aliphatic rings. The maximum absolute atomic E-state index is 4.59. The highest BCUT2D eigenvalue weighted by Crippen LogP contribution is 2.19. The van der Waals surface area contributed by atoms with Gasteiger partial charge in [-0.15, -0.1) is 11.3 Å². The van der Waals surface area contributed by atoms with Gasteiger partial charge in [-0.05, 0) is 64.5 Å². The van der Waals surface area contributed by atoms with Crippen molar-refractivity contribution in [2.45, 2.75) is 66.0 Å². The molecule has 2 rings (SSSR count). The van der Waals surface area contributed by atoms with Gasteiger partial charge in [0, 0.05) is 31.6 Å². The van der Waals surface area contributed by atoms with Crippen molar-refractivity contribution in [2.75, 3.05) is 26.7 Å². The minimum atomic E-state index is 0.465. The fourth-order valence-corrected chi connectivity index (χ4v) is 3.99. The van der Waals surface area contributed by atoms with Crippen molar-refractivity contribution >= 4 is 17.3 Å². The smallest absolute Gasteiger partial charge is 0.191 e. The van der Waals surface area contributed by atoms with E-state index in [1.807, 2.05) is 7.05 Å².